The van der Waals surface area contributed by atoms with Crippen molar-refractivity contribution in [3.8, 4) is 5.75 Å². The Kier molecular flexibility index (Phi) is 3.75. The molecular weight excluding hydrogens is 296 g/mol. The zero-order valence-electron chi connectivity index (χ0n) is 12.0. The summed E-state index contributed by atoms with van der Waals surface area (Å²) in [4.78, 5) is 11.0. The predicted octanol–water partition coefficient (Wildman–Crippen LogP) is 1.76. The first kappa shape index (κ1) is 15.4. The number of nitrogens with one attached hydrogen (secondary N) is 1. The number of carbonyl (C=O) groups is 1. The van der Waals surface area contributed by atoms with Gasteiger partial charge in [0.2, 0.25) is 10.0 Å². The zero-order chi connectivity index (χ0) is 15.8. The normalized spacial score (nSPS) is 20.0. The standard InChI is InChI=1S/C13H18N2O5S/c1-13(2)7-11(19-12(14)16)9-5-4-8(6-10(9)20-13)15-21(3,17)18/h4-6,11,15H,7H2,1-3H3,(H2,14,16). The Labute approximate surface area is 123 Å². The highest BCUT2D eigenvalue weighted by Gasteiger charge is 2.35. The number of primary amides is 1. The highest BCUT2D eigenvalue weighted by atomic mass is 32.2. The fourth-order valence-electron chi connectivity index (χ4n) is 2.31. The van der Waals surface area contributed by atoms with Gasteiger partial charge in [-0.1, -0.05) is 0 Å². The molecular formula is C13H18N2O5S. The van der Waals surface area contributed by atoms with Gasteiger partial charge in [0, 0.05) is 18.1 Å². The molecule has 1 unspecified atom stereocenters. The SMILES string of the molecule is CC1(C)CC(OC(N)=O)c2ccc(NS(C)(=O)=O)cc2O1. The van der Waals surface area contributed by atoms with Crippen LogP contribution in [-0.4, -0.2) is 26.4 Å². The molecule has 3 N–H and O–H groups in total. The van der Waals surface area contributed by atoms with Gasteiger partial charge in [0.25, 0.3) is 0 Å². The molecule has 0 saturated heterocycles. The van der Waals surface area contributed by atoms with E-state index in [1.165, 1.54) is 0 Å². The number of amides is 1. The second-order valence-corrected chi connectivity index (χ2v) is 7.37. The summed E-state index contributed by atoms with van der Waals surface area (Å²) in [5.74, 6) is 0.464. The molecule has 21 heavy (non-hydrogen) atoms. The molecule has 0 saturated carbocycles. The topological polar surface area (TPSA) is 108 Å². The lowest BCUT2D eigenvalue weighted by molar-refractivity contribution is 0.00313. The lowest BCUT2D eigenvalue weighted by Gasteiger charge is -2.37. The number of nitrogens with two attached hydrogens (primary N) is 1. The van der Waals surface area contributed by atoms with Crippen molar-refractivity contribution in [1.82, 2.24) is 0 Å². The number of hydrogen-bond acceptors (Lipinski definition) is 5. The Hall–Kier alpha value is -1.96. The third-order valence-electron chi connectivity index (χ3n) is 2.99. The molecule has 0 spiro atoms. The Morgan fingerprint density at radius 1 is 1.48 bits per heavy atom. The molecule has 7 nitrogen and oxygen atoms in total. The van der Waals surface area contributed by atoms with Crippen LogP contribution in [0.25, 0.3) is 0 Å². The van der Waals surface area contributed by atoms with E-state index in [-0.39, 0.29) is 0 Å². The molecule has 116 valence electrons. The lowest BCUT2D eigenvalue weighted by atomic mass is 9.91. The Bertz CT molecular complexity index is 669. The van der Waals surface area contributed by atoms with E-state index in [0.717, 1.165) is 6.26 Å². The van der Waals surface area contributed by atoms with Crippen LogP contribution in [0.4, 0.5) is 10.5 Å². The minimum absolute atomic E-state index is 0.381. The molecule has 0 fully saturated rings. The van der Waals surface area contributed by atoms with Crippen molar-refractivity contribution < 1.29 is 22.7 Å². The maximum absolute atomic E-state index is 11.3. The van der Waals surface area contributed by atoms with Crippen molar-refractivity contribution in [2.75, 3.05) is 11.0 Å². The molecule has 0 bridgehead atoms. The zero-order valence-corrected chi connectivity index (χ0v) is 12.9. The molecule has 8 heteroatoms. The third-order valence-corrected chi connectivity index (χ3v) is 3.59. The molecule has 0 radical (unpaired) electrons. The maximum Gasteiger partial charge on any atom is 0.405 e. The van der Waals surface area contributed by atoms with Gasteiger partial charge in [-0.05, 0) is 26.0 Å². The average Bonchev–Trinajstić information content (AvgIpc) is 2.23. The van der Waals surface area contributed by atoms with Crippen molar-refractivity contribution in [3.05, 3.63) is 23.8 Å². The van der Waals surface area contributed by atoms with Gasteiger partial charge in [0.1, 0.15) is 17.5 Å². The minimum atomic E-state index is -3.38. The fraction of sp³-hybridized carbons (Fsp3) is 0.462. The lowest BCUT2D eigenvalue weighted by Crippen LogP contribution is -2.36. The summed E-state index contributed by atoms with van der Waals surface area (Å²) in [6.45, 7) is 3.70. The van der Waals surface area contributed by atoms with Crippen molar-refractivity contribution in [3.63, 3.8) is 0 Å². The van der Waals surface area contributed by atoms with E-state index in [4.69, 9.17) is 15.2 Å². The van der Waals surface area contributed by atoms with Crippen molar-refractivity contribution in [1.29, 1.82) is 0 Å². The smallest absolute Gasteiger partial charge is 0.405 e. The number of benzene rings is 1. The van der Waals surface area contributed by atoms with Gasteiger partial charge in [-0.25, -0.2) is 13.2 Å². The molecule has 1 aliphatic heterocycles. The maximum atomic E-state index is 11.3. The van der Waals surface area contributed by atoms with E-state index in [2.05, 4.69) is 4.72 Å². The van der Waals surface area contributed by atoms with Crippen LogP contribution in [0, 0.1) is 0 Å². The number of ether oxygens (including phenoxy) is 2. The average molecular weight is 314 g/mol. The van der Waals surface area contributed by atoms with E-state index in [1.807, 2.05) is 13.8 Å². The first-order chi connectivity index (χ1) is 9.56. The molecule has 1 aliphatic rings. The molecule has 0 aliphatic carbocycles. The Balaban J connectivity index is 2.39. The number of sulfonamides is 1. The molecule has 1 aromatic rings. The highest BCUT2D eigenvalue weighted by Crippen LogP contribution is 2.42. The summed E-state index contributed by atoms with van der Waals surface area (Å²) < 4.78 is 35.8. The van der Waals surface area contributed by atoms with Crippen molar-refractivity contribution in [2.45, 2.75) is 32.0 Å². The van der Waals surface area contributed by atoms with Crippen LogP contribution in [0.5, 0.6) is 5.75 Å². The Morgan fingerprint density at radius 2 is 2.14 bits per heavy atom. The summed E-state index contributed by atoms with van der Waals surface area (Å²) in [5.41, 5.74) is 5.57. The molecule has 1 atom stereocenters. The van der Waals surface area contributed by atoms with Crippen LogP contribution >= 0.6 is 0 Å². The second kappa shape index (κ2) is 5.10. The number of anilines is 1. The molecule has 2 rings (SSSR count). The van der Waals surface area contributed by atoms with Gasteiger partial charge < -0.3 is 15.2 Å². The van der Waals surface area contributed by atoms with Crippen LogP contribution in [0.3, 0.4) is 0 Å². The van der Waals surface area contributed by atoms with Gasteiger partial charge in [0.15, 0.2) is 0 Å². The first-order valence-corrected chi connectivity index (χ1v) is 8.22. The van der Waals surface area contributed by atoms with Crippen molar-refractivity contribution >= 4 is 21.8 Å². The molecule has 1 amide bonds. The first-order valence-electron chi connectivity index (χ1n) is 6.33. The van der Waals surface area contributed by atoms with Crippen LogP contribution in [0.15, 0.2) is 18.2 Å². The minimum Gasteiger partial charge on any atom is -0.487 e. The summed E-state index contributed by atoms with van der Waals surface area (Å²) in [6.07, 6.45) is 0.147. The fourth-order valence-corrected chi connectivity index (χ4v) is 2.86. The Morgan fingerprint density at radius 3 is 2.71 bits per heavy atom. The summed E-state index contributed by atoms with van der Waals surface area (Å²) >= 11 is 0. The van der Waals surface area contributed by atoms with Crippen molar-refractivity contribution in [2.24, 2.45) is 5.73 Å². The van der Waals surface area contributed by atoms with Gasteiger partial charge in [-0.3, -0.25) is 4.72 Å². The molecule has 1 aromatic carbocycles. The van der Waals surface area contributed by atoms with E-state index in [0.29, 0.717) is 23.4 Å². The quantitative estimate of drug-likeness (QED) is 0.883. The van der Waals surface area contributed by atoms with Crippen LogP contribution in [0.2, 0.25) is 0 Å². The largest absolute Gasteiger partial charge is 0.487 e. The van der Waals surface area contributed by atoms with Gasteiger partial charge in [0.05, 0.1) is 11.9 Å². The third kappa shape index (κ3) is 4.01. The number of fused-ring (bicyclic) bond motifs is 1. The number of rotatable bonds is 3. The number of hydrogen-bond donors (Lipinski definition) is 2. The number of carbonyl (C=O) groups excluding carboxylic acids is 1. The molecule has 1 heterocycles. The van der Waals surface area contributed by atoms with E-state index < -0.39 is 27.8 Å². The van der Waals surface area contributed by atoms with Crippen LogP contribution in [-0.2, 0) is 14.8 Å². The van der Waals surface area contributed by atoms with E-state index in [1.54, 1.807) is 18.2 Å². The summed E-state index contributed by atoms with van der Waals surface area (Å²) in [5, 5.41) is 0. The second-order valence-electron chi connectivity index (χ2n) is 5.62. The summed E-state index contributed by atoms with van der Waals surface area (Å²) in [6, 6.07) is 4.80. The van der Waals surface area contributed by atoms with E-state index in [9.17, 15) is 13.2 Å². The summed E-state index contributed by atoms with van der Waals surface area (Å²) in [7, 11) is -3.38. The van der Waals surface area contributed by atoms with Gasteiger partial charge >= 0.3 is 6.09 Å². The van der Waals surface area contributed by atoms with E-state index >= 15 is 0 Å². The van der Waals surface area contributed by atoms with Gasteiger partial charge in [-0.2, -0.15) is 0 Å². The predicted molar refractivity (Wildman–Crippen MR) is 77.6 cm³/mol. The highest BCUT2D eigenvalue weighted by molar-refractivity contribution is 7.92. The van der Waals surface area contributed by atoms with Crippen LogP contribution in [0.1, 0.15) is 31.9 Å². The van der Waals surface area contributed by atoms with Crippen LogP contribution < -0.4 is 15.2 Å². The van der Waals surface area contributed by atoms with Gasteiger partial charge in [-0.15, -0.1) is 0 Å². The molecule has 0 aromatic heterocycles. The monoisotopic (exact) mass is 314 g/mol.